The van der Waals surface area contributed by atoms with E-state index in [0.717, 1.165) is 44.1 Å². The first-order valence-corrected chi connectivity index (χ1v) is 9.18. The zero-order valence-corrected chi connectivity index (χ0v) is 18.2. The summed E-state index contributed by atoms with van der Waals surface area (Å²) in [6, 6.07) is 8.19. The fourth-order valence-corrected chi connectivity index (χ4v) is 2.61. The Hall–Kier alpha value is -1.06. The molecule has 1 atom stereocenters. The number of hydrogen-bond acceptors (Lipinski definition) is 4. The predicted molar refractivity (Wildman–Crippen MR) is 116 cm³/mol. The van der Waals surface area contributed by atoms with Crippen LogP contribution in [-0.2, 0) is 15.9 Å². The molecule has 2 N–H and O–H groups in total. The van der Waals surface area contributed by atoms with Crippen LogP contribution in [-0.4, -0.2) is 58.6 Å². The highest BCUT2D eigenvalue weighted by atomic mass is 127. The van der Waals surface area contributed by atoms with E-state index in [4.69, 9.17) is 14.2 Å². The Labute approximate surface area is 174 Å². The topological polar surface area (TPSA) is 64.1 Å². The average molecular weight is 477 g/mol. The van der Waals surface area contributed by atoms with E-state index < -0.39 is 0 Å². The van der Waals surface area contributed by atoms with Crippen molar-refractivity contribution < 1.29 is 14.2 Å². The van der Waals surface area contributed by atoms with E-state index in [-0.39, 0.29) is 30.1 Å². The van der Waals surface area contributed by atoms with Gasteiger partial charge in [0.15, 0.2) is 5.96 Å². The van der Waals surface area contributed by atoms with Crippen molar-refractivity contribution in [2.45, 2.75) is 32.3 Å². The number of benzene rings is 1. The van der Waals surface area contributed by atoms with E-state index in [1.165, 1.54) is 5.56 Å². The van der Waals surface area contributed by atoms with E-state index >= 15 is 0 Å². The van der Waals surface area contributed by atoms with Crippen LogP contribution in [0.15, 0.2) is 29.3 Å². The number of rotatable bonds is 11. The largest absolute Gasteiger partial charge is 0.488 e. The minimum Gasteiger partial charge on any atom is -0.488 e. The first-order valence-electron chi connectivity index (χ1n) is 9.18. The molecule has 1 unspecified atom stereocenters. The number of aliphatic imine (C=N–C) groups is 1. The van der Waals surface area contributed by atoms with Crippen LogP contribution < -0.4 is 15.4 Å². The van der Waals surface area contributed by atoms with Crippen molar-refractivity contribution in [2.24, 2.45) is 4.99 Å². The maximum Gasteiger partial charge on any atom is 0.191 e. The number of nitrogens with one attached hydrogen (secondary N) is 2. The summed E-state index contributed by atoms with van der Waals surface area (Å²) in [6.45, 7) is 6.33. The first-order chi connectivity index (χ1) is 12.3. The number of halogens is 1. The molecule has 0 bridgehead atoms. The van der Waals surface area contributed by atoms with Crippen molar-refractivity contribution in [3.63, 3.8) is 0 Å². The number of para-hydroxylation sites is 1. The molecule has 1 aromatic carbocycles. The Morgan fingerprint density at radius 2 is 1.92 bits per heavy atom. The van der Waals surface area contributed by atoms with Crippen LogP contribution in [0.2, 0.25) is 0 Å². The SMILES string of the molecule is CCCCOCCOCCNC(=NC)NCC1Cc2ccccc2O1.I. The van der Waals surface area contributed by atoms with Gasteiger partial charge in [-0.1, -0.05) is 31.5 Å². The van der Waals surface area contributed by atoms with Crippen LogP contribution in [0.3, 0.4) is 0 Å². The second kappa shape index (κ2) is 14.1. The standard InChI is InChI=1S/C19H31N3O3.HI/c1-3-4-10-23-12-13-24-11-9-21-19(20-2)22-15-17-14-16-7-5-6-8-18(16)25-17;/h5-8,17H,3-4,9-15H2,1-2H3,(H2,20,21,22);1H. The Kier molecular flexibility index (Phi) is 12.4. The van der Waals surface area contributed by atoms with E-state index in [2.05, 4.69) is 28.6 Å². The molecule has 6 nitrogen and oxygen atoms in total. The van der Waals surface area contributed by atoms with Crippen LogP contribution >= 0.6 is 24.0 Å². The van der Waals surface area contributed by atoms with Gasteiger partial charge in [-0.25, -0.2) is 0 Å². The molecule has 1 heterocycles. The average Bonchev–Trinajstić information content (AvgIpc) is 3.05. The molecule has 0 spiro atoms. The lowest BCUT2D eigenvalue weighted by molar-refractivity contribution is 0.0487. The van der Waals surface area contributed by atoms with Crippen LogP contribution in [0.25, 0.3) is 0 Å². The summed E-state index contributed by atoms with van der Waals surface area (Å²) in [4.78, 5) is 4.22. The molecule has 0 aliphatic carbocycles. The monoisotopic (exact) mass is 477 g/mol. The molecule has 26 heavy (non-hydrogen) atoms. The van der Waals surface area contributed by atoms with Gasteiger partial charge in [-0.3, -0.25) is 4.99 Å². The fraction of sp³-hybridized carbons (Fsp3) is 0.632. The van der Waals surface area contributed by atoms with Gasteiger partial charge in [-0.2, -0.15) is 0 Å². The van der Waals surface area contributed by atoms with Gasteiger partial charge in [-0.15, -0.1) is 24.0 Å². The second-order valence-electron chi connectivity index (χ2n) is 6.01. The molecule has 0 saturated carbocycles. The van der Waals surface area contributed by atoms with Crippen molar-refractivity contribution >= 4 is 29.9 Å². The summed E-state index contributed by atoms with van der Waals surface area (Å²) < 4.78 is 16.9. The number of ether oxygens (including phenoxy) is 3. The molecule has 1 aromatic rings. The van der Waals surface area contributed by atoms with Gasteiger partial charge >= 0.3 is 0 Å². The van der Waals surface area contributed by atoms with Gasteiger partial charge in [0.25, 0.3) is 0 Å². The maximum atomic E-state index is 5.92. The normalized spacial score (nSPS) is 15.8. The molecular weight excluding hydrogens is 445 g/mol. The van der Waals surface area contributed by atoms with Crippen molar-refractivity contribution in [1.29, 1.82) is 0 Å². The Morgan fingerprint density at radius 1 is 1.15 bits per heavy atom. The van der Waals surface area contributed by atoms with Crippen LogP contribution in [0.5, 0.6) is 5.75 Å². The van der Waals surface area contributed by atoms with E-state index in [9.17, 15) is 0 Å². The highest BCUT2D eigenvalue weighted by Crippen LogP contribution is 2.27. The molecule has 1 aliphatic heterocycles. The lowest BCUT2D eigenvalue weighted by atomic mass is 10.1. The summed E-state index contributed by atoms with van der Waals surface area (Å²) in [5.41, 5.74) is 1.27. The molecular formula is C19H32IN3O3. The van der Waals surface area contributed by atoms with Crippen LogP contribution in [0.1, 0.15) is 25.3 Å². The lowest BCUT2D eigenvalue weighted by Gasteiger charge is -2.15. The van der Waals surface area contributed by atoms with Gasteiger partial charge in [0.1, 0.15) is 11.9 Å². The molecule has 0 radical (unpaired) electrons. The van der Waals surface area contributed by atoms with Crippen LogP contribution in [0, 0.1) is 0 Å². The van der Waals surface area contributed by atoms with Gasteiger partial charge in [0, 0.05) is 26.6 Å². The highest BCUT2D eigenvalue weighted by molar-refractivity contribution is 14.0. The molecule has 148 valence electrons. The van der Waals surface area contributed by atoms with Crippen molar-refractivity contribution in [2.75, 3.05) is 46.6 Å². The lowest BCUT2D eigenvalue weighted by Crippen LogP contribution is -2.43. The Morgan fingerprint density at radius 3 is 2.65 bits per heavy atom. The zero-order valence-electron chi connectivity index (χ0n) is 15.8. The van der Waals surface area contributed by atoms with Crippen molar-refractivity contribution in [3.8, 4) is 5.75 Å². The number of nitrogens with zero attached hydrogens (tertiary/aromatic N) is 1. The molecule has 0 saturated heterocycles. The third kappa shape index (κ3) is 8.55. The summed E-state index contributed by atoms with van der Waals surface area (Å²) in [5, 5.41) is 6.55. The molecule has 2 rings (SSSR count). The Balaban J connectivity index is 0.00000338. The molecule has 7 heteroatoms. The number of hydrogen-bond donors (Lipinski definition) is 2. The maximum absolute atomic E-state index is 5.92. The third-order valence-corrected chi connectivity index (χ3v) is 3.99. The van der Waals surface area contributed by atoms with Gasteiger partial charge in [0.2, 0.25) is 0 Å². The quantitative estimate of drug-likeness (QED) is 0.222. The highest BCUT2D eigenvalue weighted by Gasteiger charge is 2.22. The smallest absolute Gasteiger partial charge is 0.191 e. The molecule has 1 aliphatic rings. The fourth-order valence-electron chi connectivity index (χ4n) is 2.61. The minimum atomic E-state index is 0. The van der Waals surface area contributed by atoms with Crippen molar-refractivity contribution in [3.05, 3.63) is 29.8 Å². The summed E-state index contributed by atoms with van der Waals surface area (Å²) in [7, 11) is 1.77. The summed E-state index contributed by atoms with van der Waals surface area (Å²) in [5.74, 6) is 1.76. The molecule has 0 amide bonds. The molecule has 0 aromatic heterocycles. The third-order valence-electron chi connectivity index (χ3n) is 3.99. The number of guanidine groups is 1. The zero-order chi connectivity index (χ0) is 17.7. The van der Waals surface area contributed by atoms with Crippen LogP contribution in [0.4, 0.5) is 0 Å². The summed E-state index contributed by atoms with van der Waals surface area (Å²) >= 11 is 0. The number of unbranched alkanes of at least 4 members (excludes halogenated alkanes) is 1. The number of fused-ring (bicyclic) bond motifs is 1. The van der Waals surface area contributed by atoms with E-state index in [0.29, 0.717) is 26.4 Å². The Bertz CT molecular complexity index is 504. The van der Waals surface area contributed by atoms with E-state index in [1.54, 1.807) is 7.05 Å². The predicted octanol–water partition coefficient (Wildman–Crippen LogP) is 2.61. The summed E-state index contributed by atoms with van der Waals surface area (Å²) in [6.07, 6.45) is 3.35. The van der Waals surface area contributed by atoms with Crippen molar-refractivity contribution in [1.82, 2.24) is 10.6 Å². The van der Waals surface area contributed by atoms with Gasteiger partial charge in [-0.05, 0) is 18.1 Å². The minimum absolute atomic E-state index is 0. The molecule has 0 fully saturated rings. The second-order valence-corrected chi connectivity index (χ2v) is 6.01. The van der Waals surface area contributed by atoms with Gasteiger partial charge < -0.3 is 24.8 Å². The van der Waals surface area contributed by atoms with Gasteiger partial charge in [0.05, 0.1) is 26.4 Å². The van der Waals surface area contributed by atoms with E-state index in [1.807, 2.05) is 18.2 Å². The first kappa shape index (κ1) is 23.0.